The zero-order valence-electron chi connectivity index (χ0n) is 16.4. The molecule has 2 heterocycles. The van der Waals surface area contributed by atoms with Crippen molar-refractivity contribution in [2.75, 3.05) is 11.9 Å². The number of aromatic nitrogens is 1. The van der Waals surface area contributed by atoms with Gasteiger partial charge >= 0.3 is 6.09 Å². The highest BCUT2D eigenvalue weighted by Gasteiger charge is 2.37. The van der Waals surface area contributed by atoms with Gasteiger partial charge < -0.3 is 10.1 Å². The van der Waals surface area contributed by atoms with E-state index in [1.165, 1.54) is 28.4 Å². The van der Waals surface area contributed by atoms with E-state index in [0.717, 1.165) is 16.9 Å². The van der Waals surface area contributed by atoms with Crippen LogP contribution < -0.4 is 5.32 Å². The first-order chi connectivity index (χ1) is 13.1. The van der Waals surface area contributed by atoms with Crippen molar-refractivity contribution in [2.45, 2.75) is 52.2 Å². The molecule has 28 heavy (non-hydrogen) atoms. The fourth-order valence-electron chi connectivity index (χ4n) is 3.09. The number of hydrogen-bond donors (Lipinski definition) is 1. The average molecular weight is 405 g/mol. The number of nitrogens with zero attached hydrogens (tertiary/aromatic N) is 2. The van der Waals surface area contributed by atoms with Crippen LogP contribution in [0.25, 0.3) is 11.3 Å². The molecule has 0 radical (unpaired) electrons. The molecule has 1 aromatic heterocycles. The van der Waals surface area contributed by atoms with Gasteiger partial charge in [-0.15, -0.1) is 11.3 Å². The van der Waals surface area contributed by atoms with E-state index < -0.39 is 17.7 Å². The number of likely N-dealkylation sites (tertiary alicyclic amines) is 1. The Morgan fingerprint density at radius 2 is 1.96 bits per heavy atom. The Labute approximate surface area is 167 Å². The number of amides is 2. The minimum atomic E-state index is -0.614. The highest BCUT2D eigenvalue weighted by molar-refractivity contribution is 7.16. The summed E-state index contributed by atoms with van der Waals surface area (Å²) in [5.74, 6) is -0.587. The number of thiazole rings is 1. The molecule has 1 aliphatic heterocycles. The Morgan fingerprint density at radius 3 is 2.61 bits per heavy atom. The number of carbonyl (C=O) groups excluding carboxylic acids is 2. The fraction of sp³-hybridized carbons (Fsp3) is 0.450. The largest absolute Gasteiger partial charge is 0.444 e. The van der Waals surface area contributed by atoms with Crippen LogP contribution in [-0.4, -0.2) is 40.1 Å². The Bertz CT molecular complexity index is 874. The van der Waals surface area contributed by atoms with Crippen LogP contribution in [0.4, 0.5) is 14.3 Å². The lowest BCUT2D eigenvalue weighted by Gasteiger charge is -2.27. The van der Waals surface area contributed by atoms with Gasteiger partial charge in [0.25, 0.3) is 0 Å². The smallest absolute Gasteiger partial charge is 0.410 e. The van der Waals surface area contributed by atoms with Crippen LogP contribution in [-0.2, 0) is 9.53 Å². The fourth-order valence-corrected chi connectivity index (χ4v) is 3.93. The van der Waals surface area contributed by atoms with Crippen molar-refractivity contribution >= 4 is 28.5 Å². The summed E-state index contributed by atoms with van der Waals surface area (Å²) in [6.45, 7) is 7.78. The van der Waals surface area contributed by atoms with Crippen LogP contribution in [0, 0.1) is 12.7 Å². The Kier molecular flexibility index (Phi) is 5.69. The van der Waals surface area contributed by atoms with Crippen LogP contribution >= 0.6 is 11.3 Å². The SMILES string of the molecule is Cc1sc(NC(=O)C2CCCN2C(=O)OC(C)(C)C)nc1-c1ccc(F)cc1. The Balaban J connectivity index is 1.71. The summed E-state index contributed by atoms with van der Waals surface area (Å²) in [5, 5.41) is 3.28. The van der Waals surface area contributed by atoms with Gasteiger partial charge in [-0.3, -0.25) is 9.69 Å². The average Bonchev–Trinajstić information content (AvgIpc) is 3.21. The van der Waals surface area contributed by atoms with E-state index in [0.29, 0.717) is 23.8 Å². The molecule has 1 N–H and O–H groups in total. The number of ether oxygens (including phenoxy) is 1. The van der Waals surface area contributed by atoms with Crippen molar-refractivity contribution < 1.29 is 18.7 Å². The van der Waals surface area contributed by atoms with E-state index in [-0.39, 0.29) is 11.7 Å². The highest BCUT2D eigenvalue weighted by atomic mass is 32.1. The predicted octanol–water partition coefficient (Wildman–Crippen LogP) is 4.60. The third-order valence-electron chi connectivity index (χ3n) is 4.33. The molecule has 8 heteroatoms. The van der Waals surface area contributed by atoms with E-state index >= 15 is 0 Å². The normalized spacial score (nSPS) is 16.9. The molecule has 0 saturated carbocycles. The summed E-state index contributed by atoms with van der Waals surface area (Å²) < 4.78 is 18.5. The predicted molar refractivity (Wildman–Crippen MR) is 107 cm³/mol. The molecular formula is C20H24FN3O3S. The molecule has 1 unspecified atom stereocenters. The van der Waals surface area contributed by atoms with E-state index in [1.807, 2.05) is 6.92 Å². The molecule has 6 nitrogen and oxygen atoms in total. The summed E-state index contributed by atoms with van der Waals surface area (Å²) in [5.41, 5.74) is 0.875. The molecule has 1 saturated heterocycles. The van der Waals surface area contributed by atoms with Gasteiger partial charge in [0, 0.05) is 17.0 Å². The van der Waals surface area contributed by atoms with Gasteiger partial charge in [-0.1, -0.05) is 0 Å². The second-order valence-corrected chi connectivity index (χ2v) is 8.95. The number of carbonyl (C=O) groups is 2. The van der Waals surface area contributed by atoms with Crippen molar-refractivity contribution in [3.05, 3.63) is 35.0 Å². The molecule has 1 aliphatic rings. The maximum absolute atomic E-state index is 13.1. The molecule has 150 valence electrons. The Hall–Kier alpha value is -2.48. The number of benzene rings is 1. The number of aryl methyl sites for hydroxylation is 1. The zero-order chi connectivity index (χ0) is 20.5. The van der Waals surface area contributed by atoms with E-state index in [9.17, 15) is 14.0 Å². The third-order valence-corrected chi connectivity index (χ3v) is 5.21. The second kappa shape index (κ2) is 7.87. The lowest BCUT2D eigenvalue weighted by atomic mass is 10.1. The van der Waals surface area contributed by atoms with Crippen LogP contribution in [0.3, 0.4) is 0 Å². The second-order valence-electron chi connectivity index (χ2n) is 7.75. The number of rotatable bonds is 3. The van der Waals surface area contributed by atoms with Crippen LogP contribution in [0.1, 0.15) is 38.5 Å². The summed E-state index contributed by atoms with van der Waals surface area (Å²) in [4.78, 5) is 32.0. The summed E-state index contributed by atoms with van der Waals surface area (Å²) >= 11 is 1.35. The number of hydrogen-bond acceptors (Lipinski definition) is 5. The first kappa shape index (κ1) is 20.3. The summed E-state index contributed by atoms with van der Waals surface area (Å²) in [7, 11) is 0. The van der Waals surface area contributed by atoms with Gasteiger partial charge in [0.05, 0.1) is 5.69 Å². The van der Waals surface area contributed by atoms with Crippen LogP contribution in [0.2, 0.25) is 0 Å². The molecule has 2 amide bonds. The van der Waals surface area contributed by atoms with Crippen molar-refractivity contribution in [1.82, 2.24) is 9.88 Å². The summed E-state index contributed by atoms with van der Waals surface area (Å²) in [6.07, 6.45) is 0.849. The maximum atomic E-state index is 13.1. The molecule has 2 aromatic rings. The molecular weight excluding hydrogens is 381 g/mol. The Morgan fingerprint density at radius 1 is 1.29 bits per heavy atom. The first-order valence-corrected chi connectivity index (χ1v) is 9.99. The quantitative estimate of drug-likeness (QED) is 0.810. The van der Waals surface area contributed by atoms with Crippen LogP contribution in [0.5, 0.6) is 0 Å². The van der Waals surface area contributed by atoms with Gasteiger partial charge in [0.1, 0.15) is 17.5 Å². The molecule has 0 spiro atoms. The van der Waals surface area contributed by atoms with Gasteiger partial charge in [-0.2, -0.15) is 0 Å². The van der Waals surface area contributed by atoms with Gasteiger partial charge in [-0.25, -0.2) is 14.2 Å². The molecule has 0 aliphatic carbocycles. The molecule has 0 bridgehead atoms. The topological polar surface area (TPSA) is 71.5 Å². The zero-order valence-corrected chi connectivity index (χ0v) is 17.2. The van der Waals surface area contributed by atoms with Crippen molar-refractivity contribution in [1.29, 1.82) is 0 Å². The number of halogens is 1. The van der Waals surface area contributed by atoms with Crippen LogP contribution in [0.15, 0.2) is 24.3 Å². The maximum Gasteiger partial charge on any atom is 0.410 e. The third kappa shape index (κ3) is 4.67. The first-order valence-electron chi connectivity index (χ1n) is 9.18. The van der Waals surface area contributed by atoms with Crippen molar-refractivity contribution in [3.8, 4) is 11.3 Å². The monoisotopic (exact) mass is 405 g/mol. The molecule has 1 aromatic carbocycles. The van der Waals surface area contributed by atoms with Gasteiger partial charge in [0.15, 0.2) is 5.13 Å². The standard InChI is InChI=1S/C20H24FN3O3S/c1-12-16(13-7-9-14(21)10-8-13)22-18(28-12)23-17(25)15-6-5-11-24(15)19(26)27-20(2,3)4/h7-10,15H,5-6,11H2,1-4H3,(H,22,23,25). The molecule has 1 atom stereocenters. The van der Waals surface area contributed by atoms with Crippen molar-refractivity contribution in [3.63, 3.8) is 0 Å². The minimum Gasteiger partial charge on any atom is -0.444 e. The van der Waals surface area contributed by atoms with Gasteiger partial charge in [-0.05, 0) is 64.8 Å². The van der Waals surface area contributed by atoms with E-state index in [4.69, 9.17) is 4.74 Å². The van der Waals surface area contributed by atoms with Gasteiger partial charge in [0.2, 0.25) is 5.91 Å². The number of nitrogens with one attached hydrogen (secondary N) is 1. The van der Waals surface area contributed by atoms with E-state index in [1.54, 1.807) is 32.9 Å². The van der Waals surface area contributed by atoms with E-state index in [2.05, 4.69) is 10.3 Å². The highest BCUT2D eigenvalue weighted by Crippen LogP contribution is 2.31. The number of anilines is 1. The summed E-state index contributed by atoms with van der Waals surface area (Å²) in [6, 6.07) is 5.50. The molecule has 3 rings (SSSR count). The lowest BCUT2D eigenvalue weighted by molar-refractivity contribution is -0.120. The lowest BCUT2D eigenvalue weighted by Crippen LogP contribution is -2.45. The molecule has 1 fully saturated rings. The minimum absolute atomic E-state index is 0.275. The van der Waals surface area contributed by atoms with Crippen molar-refractivity contribution in [2.24, 2.45) is 0 Å².